The molecule has 1 aliphatic rings. The molecular weight excluding hydrogens is 1300 g/mol. The minimum Gasteiger partial charge on any atom is -0.469 e. The van der Waals surface area contributed by atoms with Gasteiger partial charge in [-0.1, -0.05) is 350 Å². The fourth-order valence-corrected chi connectivity index (χ4v) is 14.7. The van der Waals surface area contributed by atoms with Gasteiger partial charge in [0.15, 0.2) is 6.29 Å². The molecule has 2 unspecified atom stereocenters. The van der Waals surface area contributed by atoms with E-state index in [1.54, 1.807) is 0 Å². The van der Waals surface area contributed by atoms with Gasteiger partial charge in [-0.15, -0.1) is 0 Å². The molecule has 0 aromatic carbocycles. The average molecular weight is 1460 g/mol. The number of amides is 2. The number of carbonyl (C=O) groups is 4. The van der Waals surface area contributed by atoms with Crippen LogP contribution < -0.4 is 10.6 Å². The van der Waals surface area contributed by atoms with Gasteiger partial charge in [0, 0.05) is 32.7 Å². The predicted octanol–water partition coefficient (Wildman–Crippen LogP) is 21.1. The van der Waals surface area contributed by atoms with Gasteiger partial charge >= 0.3 is 16.4 Å². The van der Waals surface area contributed by atoms with Gasteiger partial charge < -0.3 is 44.2 Å². The van der Waals surface area contributed by atoms with Crippen molar-refractivity contribution in [1.82, 2.24) is 10.6 Å². The number of unbranched alkanes of at least 4 members (excludes halogenated alkanes) is 45. The third-order valence-electron chi connectivity index (χ3n) is 20.5. The van der Waals surface area contributed by atoms with Crippen LogP contribution in [0.4, 0.5) is 0 Å². The summed E-state index contributed by atoms with van der Waals surface area (Å²) in [5, 5.41) is 17.1. The molecule has 0 radical (unpaired) electrons. The lowest BCUT2D eigenvalue weighted by Crippen LogP contribution is -2.70. The van der Waals surface area contributed by atoms with Crippen molar-refractivity contribution in [2.24, 2.45) is 5.92 Å². The first kappa shape index (κ1) is 96.7. The molecule has 1 fully saturated rings. The normalized spacial score (nSPS) is 17.6. The Morgan fingerprint density at radius 3 is 0.980 bits per heavy atom. The summed E-state index contributed by atoms with van der Waals surface area (Å²) in [6, 6.07) is -2.94. The molecule has 0 bridgehead atoms. The second-order valence-corrected chi connectivity index (χ2v) is 31.1. The average Bonchev–Trinajstić information content (AvgIpc) is 0.781. The second kappa shape index (κ2) is 69.5. The smallest absolute Gasteiger partial charge is 0.397 e. The number of hydrogen-bond donors (Lipinski definition) is 4. The van der Waals surface area contributed by atoms with E-state index in [4.69, 9.17) is 32.6 Å². The zero-order valence-electron chi connectivity index (χ0n) is 66.4. The third kappa shape index (κ3) is 56.6. The fourth-order valence-electron chi connectivity index (χ4n) is 14.2. The molecule has 101 heavy (non-hydrogen) atoms. The third-order valence-corrected chi connectivity index (χ3v) is 20.9. The maximum atomic E-state index is 14.9. The molecular formula is C83H160N2O15S. The number of esters is 1. The predicted molar refractivity (Wildman–Crippen MR) is 414 cm³/mol. The molecule has 0 spiro atoms. The number of carbonyl (C=O) groups excluding carboxylic acids is 4. The summed E-state index contributed by atoms with van der Waals surface area (Å²) in [5.41, 5.74) is 0. The Balaban J connectivity index is 3.78. The number of rotatable bonds is 77. The summed E-state index contributed by atoms with van der Waals surface area (Å²) < 4.78 is 79.4. The maximum Gasteiger partial charge on any atom is 0.397 e. The Hall–Kier alpha value is -2.29. The number of ketones is 1. The Kier molecular flexibility index (Phi) is 66.5. The Morgan fingerprint density at radius 1 is 0.396 bits per heavy atom. The van der Waals surface area contributed by atoms with Crippen molar-refractivity contribution < 1.29 is 69.9 Å². The van der Waals surface area contributed by atoms with Crippen LogP contribution in [-0.2, 0) is 62.2 Å². The first-order valence-electron chi connectivity index (χ1n) is 42.8. The van der Waals surface area contributed by atoms with E-state index in [9.17, 15) is 37.3 Å². The van der Waals surface area contributed by atoms with Crippen molar-refractivity contribution in [3.05, 3.63) is 0 Å². The lowest BCUT2D eigenvalue weighted by atomic mass is 9.92. The topological polar surface area (TPSA) is 232 Å². The minimum absolute atomic E-state index is 0.0841. The molecule has 598 valence electrons. The maximum absolute atomic E-state index is 14.9. The zero-order chi connectivity index (χ0) is 73.9. The summed E-state index contributed by atoms with van der Waals surface area (Å²) in [4.78, 5) is 58.0. The number of nitrogens with one attached hydrogen (secondary N) is 2. The first-order valence-corrected chi connectivity index (χ1v) is 44.1. The molecule has 1 saturated heterocycles. The van der Waals surface area contributed by atoms with Crippen LogP contribution in [0.3, 0.4) is 0 Å². The Bertz CT molecular complexity index is 1940. The van der Waals surface area contributed by atoms with Gasteiger partial charge in [0.2, 0.25) is 11.8 Å². The van der Waals surface area contributed by atoms with E-state index in [0.717, 1.165) is 128 Å². The van der Waals surface area contributed by atoms with Gasteiger partial charge in [-0.3, -0.25) is 23.7 Å². The molecule has 0 aromatic heterocycles. The van der Waals surface area contributed by atoms with Crippen LogP contribution in [0.25, 0.3) is 0 Å². The highest BCUT2D eigenvalue weighted by Gasteiger charge is 2.51. The molecule has 17 nitrogen and oxygen atoms in total. The summed E-state index contributed by atoms with van der Waals surface area (Å²) in [6.07, 6.45) is 53.7. The summed E-state index contributed by atoms with van der Waals surface area (Å²) in [7, 11) is -4.05. The van der Waals surface area contributed by atoms with Crippen molar-refractivity contribution in [1.29, 1.82) is 0 Å². The highest BCUT2D eigenvalue weighted by molar-refractivity contribution is 7.80. The quantitative estimate of drug-likeness (QED) is 0.0252. The van der Waals surface area contributed by atoms with Crippen LogP contribution in [0, 0.1) is 5.92 Å². The van der Waals surface area contributed by atoms with Crippen LogP contribution in [0.2, 0.25) is 0 Å². The van der Waals surface area contributed by atoms with Gasteiger partial charge in [-0.25, -0.2) is 4.18 Å². The van der Waals surface area contributed by atoms with Crippen molar-refractivity contribution in [3.8, 4) is 0 Å². The van der Waals surface area contributed by atoms with E-state index in [2.05, 4.69) is 52.2 Å². The minimum atomic E-state index is -5.29. The number of aliphatic hydroxyl groups is 1. The standard InChI is InChI=1S/C83H160N2O15S/c1-8-14-20-26-32-38-41-47-53-59-73(95-62-56-50-44-35-29-23-17-11-4)66-72(87)65-71(82(90)94-7)70-98-83-80(85-78(89)68-75(61-55-49-43-40-34-28-22-16-10-3)97-64-58-52-46-37-31-25-19-13-6)79(81(76(69-86)99-83)100-101(91,92)93)84-77(88)67-74(60-54-48-42-39-33-27-21-15-9-2)96-63-57-51-45-36-30-24-18-12-5/h71,73-76,79-81,83,86H,8-70H2,1-7H3,(H,84,88)(H,85,89)(H,91,92,93)/t71-,73+,74+,75+,76?,79+,80?,81+,83+/m0/s1. The highest BCUT2D eigenvalue weighted by Crippen LogP contribution is 2.29. The van der Waals surface area contributed by atoms with Crippen LogP contribution in [0.1, 0.15) is 414 Å². The lowest BCUT2D eigenvalue weighted by molar-refractivity contribution is -0.249. The molecule has 4 N–H and O–H groups in total. The van der Waals surface area contributed by atoms with Crippen LogP contribution in [0.5, 0.6) is 0 Å². The molecule has 18 heteroatoms. The second-order valence-electron chi connectivity index (χ2n) is 30.1. The molecule has 9 atom stereocenters. The van der Waals surface area contributed by atoms with Gasteiger partial charge in [-0.05, 0) is 38.5 Å². The van der Waals surface area contributed by atoms with Crippen molar-refractivity contribution in [2.75, 3.05) is 40.1 Å². The van der Waals surface area contributed by atoms with E-state index < -0.39 is 90.1 Å². The van der Waals surface area contributed by atoms with Gasteiger partial charge in [0.25, 0.3) is 0 Å². The van der Waals surface area contributed by atoms with E-state index in [-0.39, 0.29) is 37.6 Å². The highest BCUT2D eigenvalue weighted by atomic mass is 32.3. The Morgan fingerprint density at radius 2 is 0.683 bits per heavy atom. The molecule has 1 rings (SSSR count). The monoisotopic (exact) mass is 1460 g/mol. The summed E-state index contributed by atoms with van der Waals surface area (Å²) in [6.45, 7) is 13.5. The number of aliphatic hydroxyl groups excluding tert-OH is 1. The van der Waals surface area contributed by atoms with Gasteiger partial charge in [-0.2, -0.15) is 8.42 Å². The SMILES string of the molecule is CCCCCCCCCCC[C@H](CC(=O)C[C@@H](CO[C@@H]1OC(CO)[C@@H](OS(=O)(=O)O)[C@H](NC(=O)C[C@@H](CCCCCCCCCCC)OCCCCCCCCCC)C1NC(=O)C[C@@H](CCCCCCCCCCC)OCCCCCCCCCC)C(=O)OC)OCCCCCCCCCC. The molecule has 2 amide bonds. The molecule has 0 aliphatic carbocycles. The largest absolute Gasteiger partial charge is 0.469 e. The lowest BCUT2D eigenvalue weighted by Gasteiger charge is -2.46. The van der Waals surface area contributed by atoms with Gasteiger partial charge in [0.05, 0.1) is 63.4 Å². The van der Waals surface area contributed by atoms with Crippen molar-refractivity contribution >= 4 is 34.0 Å². The van der Waals surface area contributed by atoms with Gasteiger partial charge in [0.1, 0.15) is 24.0 Å². The Labute approximate surface area is 620 Å². The first-order chi connectivity index (χ1) is 49.2. The molecule has 0 saturated carbocycles. The van der Waals surface area contributed by atoms with Crippen LogP contribution >= 0.6 is 0 Å². The molecule has 1 aliphatic heterocycles. The fraction of sp³-hybridized carbons (Fsp3) is 0.952. The van der Waals surface area contributed by atoms with E-state index in [1.807, 2.05) is 0 Å². The summed E-state index contributed by atoms with van der Waals surface area (Å²) in [5.74, 6) is -3.10. The molecule has 1 heterocycles. The number of hydrogen-bond acceptors (Lipinski definition) is 14. The molecule has 0 aromatic rings. The summed E-state index contributed by atoms with van der Waals surface area (Å²) >= 11 is 0. The van der Waals surface area contributed by atoms with E-state index in [1.165, 1.54) is 206 Å². The van der Waals surface area contributed by atoms with Crippen LogP contribution in [-0.4, -0.2) is 131 Å². The van der Waals surface area contributed by atoms with Crippen molar-refractivity contribution in [3.63, 3.8) is 0 Å². The van der Waals surface area contributed by atoms with Crippen molar-refractivity contribution in [2.45, 2.75) is 463 Å². The van der Waals surface area contributed by atoms with Crippen LogP contribution in [0.15, 0.2) is 0 Å². The number of Topliss-reactive ketones (excluding diaryl/α,β-unsaturated/α-hetero) is 1. The van der Waals surface area contributed by atoms with E-state index >= 15 is 0 Å². The zero-order valence-corrected chi connectivity index (χ0v) is 67.2. The van der Waals surface area contributed by atoms with E-state index in [0.29, 0.717) is 39.1 Å². The number of methoxy groups -OCH3 is 1. The number of ether oxygens (including phenoxy) is 6.